The number of aryl methyl sites for hydroxylation is 2. The zero-order valence-electron chi connectivity index (χ0n) is 6.50. The molecule has 1 heterocycles. The third-order valence-corrected chi connectivity index (χ3v) is 3.73. The van der Waals surface area contributed by atoms with Crippen LogP contribution in [0.3, 0.4) is 0 Å². The van der Waals surface area contributed by atoms with E-state index in [0.717, 1.165) is 0 Å². The van der Waals surface area contributed by atoms with Crippen molar-refractivity contribution in [2.75, 3.05) is 0 Å². The first kappa shape index (κ1) is 7.62. The van der Waals surface area contributed by atoms with Gasteiger partial charge in [-0.3, -0.25) is 0 Å². The number of hydrogen-bond acceptors (Lipinski definition) is 3. The molecule has 0 saturated heterocycles. The minimum Gasteiger partial charge on any atom is -0.245 e. The fraction of sp³-hybridized carbons (Fsp3) is 0.625. The van der Waals surface area contributed by atoms with Crippen molar-refractivity contribution >= 4 is 24.0 Å². The highest BCUT2D eigenvalue weighted by Gasteiger charge is 2.17. The molecule has 60 valence electrons. The van der Waals surface area contributed by atoms with Gasteiger partial charge in [-0.1, -0.05) is 0 Å². The summed E-state index contributed by atoms with van der Waals surface area (Å²) in [7, 11) is 0. The average Bonchev–Trinajstić information content (AvgIpc) is 2.40. The molecule has 1 aliphatic rings. The quantitative estimate of drug-likeness (QED) is 0.664. The van der Waals surface area contributed by atoms with Crippen molar-refractivity contribution in [1.29, 1.82) is 0 Å². The number of fused-ring (bicyclic) bond motifs is 1. The highest BCUT2D eigenvalue weighted by Crippen LogP contribution is 2.32. The number of rotatable bonds is 1. The lowest BCUT2D eigenvalue weighted by Crippen LogP contribution is -1.84. The average molecular weight is 185 g/mol. The maximum Gasteiger partial charge on any atom is 0.106 e. The molecule has 3 heteroatoms. The molecule has 0 aliphatic heterocycles. The van der Waals surface area contributed by atoms with Crippen molar-refractivity contribution in [2.45, 2.75) is 31.4 Å². The van der Waals surface area contributed by atoms with Crippen LogP contribution < -0.4 is 0 Å². The topological polar surface area (TPSA) is 12.9 Å². The Labute approximate surface area is 76.3 Å². The Balaban J connectivity index is 2.34. The van der Waals surface area contributed by atoms with E-state index in [9.17, 15) is 0 Å². The number of hydrogen-bond donors (Lipinski definition) is 1. The molecule has 2 rings (SSSR count). The second-order valence-corrected chi connectivity index (χ2v) is 4.84. The van der Waals surface area contributed by atoms with Gasteiger partial charge in [-0.25, -0.2) is 4.98 Å². The van der Waals surface area contributed by atoms with Gasteiger partial charge in [-0.15, -0.1) is 11.3 Å². The van der Waals surface area contributed by atoms with Gasteiger partial charge in [0.05, 0.1) is 10.9 Å². The lowest BCUT2D eigenvalue weighted by atomic mass is 10.4. The second-order valence-electron chi connectivity index (χ2n) is 2.95. The molecule has 1 atom stereocenters. The van der Waals surface area contributed by atoms with E-state index < -0.39 is 0 Å². The summed E-state index contributed by atoms with van der Waals surface area (Å²) in [5.74, 6) is 0. The Morgan fingerprint density at radius 3 is 3.00 bits per heavy atom. The Morgan fingerprint density at radius 1 is 1.55 bits per heavy atom. The normalized spacial score (nSPS) is 18.4. The Kier molecular flexibility index (Phi) is 1.93. The number of thiol groups is 1. The molecule has 11 heavy (non-hydrogen) atoms. The van der Waals surface area contributed by atoms with E-state index in [1.807, 2.05) is 11.3 Å². The lowest BCUT2D eigenvalue weighted by Gasteiger charge is -1.95. The summed E-state index contributed by atoms with van der Waals surface area (Å²) in [6, 6.07) is 0. The van der Waals surface area contributed by atoms with E-state index >= 15 is 0 Å². The molecule has 0 N–H and O–H groups in total. The summed E-state index contributed by atoms with van der Waals surface area (Å²) >= 11 is 6.20. The van der Waals surface area contributed by atoms with Crippen LogP contribution in [-0.2, 0) is 12.8 Å². The SMILES string of the molecule is CC(S)c1nc2c(s1)CCC2. The first-order valence-corrected chi connectivity index (χ1v) is 5.27. The number of nitrogens with zero attached hydrogens (tertiary/aromatic N) is 1. The van der Waals surface area contributed by atoms with Gasteiger partial charge in [0.1, 0.15) is 5.01 Å². The molecular formula is C8H11NS2. The zero-order chi connectivity index (χ0) is 7.84. The molecule has 0 spiro atoms. The molecule has 0 fully saturated rings. The third-order valence-electron chi connectivity index (χ3n) is 1.97. The first-order valence-electron chi connectivity index (χ1n) is 3.94. The predicted molar refractivity (Wildman–Crippen MR) is 51.5 cm³/mol. The van der Waals surface area contributed by atoms with Crippen LogP contribution in [0, 0.1) is 0 Å². The van der Waals surface area contributed by atoms with Crippen molar-refractivity contribution in [3.63, 3.8) is 0 Å². The summed E-state index contributed by atoms with van der Waals surface area (Å²) in [5, 5.41) is 1.50. The van der Waals surface area contributed by atoms with Crippen LogP contribution in [0.4, 0.5) is 0 Å². The standard InChI is InChI=1S/C8H11NS2/c1-5(10)8-9-6-3-2-4-7(6)11-8/h5,10H,2-4H2,1H3. The molecular weight excluding hydrogens is 174 g/mol. The molecule has 1 unspecified atom stereocenters. The molecule has 0 aromatic carbocycles. The number of aromatic nitrogens is 1. The molecule has 0 amide bonds. The molecule has 1 aromatic heterocycles. The summed E-state index contributed by atoms with van der Waals surface area (Å²) in [5.41, 5.74) is 1.34. The fourth-order valence-corrected chi connectivity index (χ4v) is 2.70. The van der Waals surface area contributed by atoms with Crippen molar-refractivity contribution in [3.8, 4) is 0 Å². The van der Waals surface area contributed by atoms with Crippen molar-refractivity contribution in [2.24, 2.45) is 0 Å². The lowest BCUT2D eigenvalue weighted by molar-refractivity contribution is 0.889. The van der Waals surface area contributed by atoms with E-state index in [2.05, 4.69) is 24.5 Å². The van der Waals surface area contributed by atoms with Crippen LogP contribution in [0.2, 0.25) is 0 Å². The zero-order valence-corrected chi connectivity index (χ0v) is 8.21. The predicted octanol–water partition coefficient (Wildman–Crippen LogP) is 2.62. The van der Waals surface area contributed by atoms with Gasteiger partial charge in [0.15, 0.2) is 0 Å². The highest BCUT2D eigenvalue weighted by molar-refractivity contribution is 7.80. The van der Waals surface area contributed by atoms with Crippen LogP contribution in [0.25, 0.3) is 0 Å². The minimum absolute atomic E-state index is 0.311. The van der Waals surface area contributed by atoms with E-state index in [0.29, 0.717) is 5.25 Å². The maximum atomic E-state index is 4.53. The van der Waals surface area contributed by atoms with E-state index in [1.165, 1.54) is 34.8 Å². The maximum absolute atomic E-state index is 4.53. The third kappa shape index (κ3) is 1.32. The van der Waals surface area contributed by atoms with E-state index in [-0.39, 0.29) is 0 Å². The summed E-state index contributed by atoms with van der Waals surface area (Å²) in [4.78, 5) is 6.03. The van der Waals surface area contributed by atoms with E-state index in [4.69, 9.17) is 0 Å². The van der Waals surface area contributed by atoms with Crippen LogP contribution in [0.5, 0.6) is 0 Å². The van der Waals surface area contributed by atoms with Crippen LogP contribution in [-0.4, -0.2) is 4.98 Å². The molecule has 1 nitrogen and oxygen atoms in total. The Bertz CT molecular complexity index is 244. The van der Waals surface area contributed by atoms with Gasteiger partial charge in [0.25, 0.3) is 0 Å². The van der Waals surface area contributed by atoms with Gasteiger partial charge in [0, 0.05) is 4.88 Å². The van der Waals surface area contributed by atoms with Crippen LogP contribution in [0.15, 0.2) is 0 Å². The molecule has 1 aromatic rings. The first-order chi connectivity index (χ1) is 5.27. The largest absolute Gasteiger partial charge is 0.245 e. The van der Waals surface area contributed by atoms with Gasteiger partial charge < -0.3 is 0 Å². The second kappa shape index (κ2) is 2.79. The summed E-state index contributed by atoms with van der Waals surface area (Å²) in [6.45, 7) is 2.08. The Hall–Kier alpha value is -0.0200. The minimum atomic E-state index is 0.311. The van der Waals surface area contributed by atoms with Gasteiger partial charge in [0.2, 0.25) is 0 Å². The monoisotopic (exact) mass is 185 g/mol. The summed E-state index contributed by atoms with van der Waals surface area (Å²) < 4.78 is 0. The molecule has 0 radical (unpaired) electrons. The van der Waals surface area contributed by atoms with Crippen molar-refractivity contribution < 1.29 is 0 Å². The molecule has 0 bridgehead atoms. The molecule has 0 saturated carbocycles. The van der Waals surface area contributed by atoms with Gasteiger partial charge >= 0.3 is 0 Å². The van der Waals surface area contributed by atoms with E-state index in [1.54, 1.807) is 0 Å². The Morgan fingerprint density at radius 2 is 2.36 bits per heavy atom. The highest BCUT2D eigenvalue weighted by atomic mass is 32.1. The van der Waals surface area contributed by atoms with Gasteiger partial charge in [-0.2, -0.15) is 12.6 Å². The van der Waals surface area contributed by atoms with Gasteiger partial charge in [-0.05, 0) is 26.2 Å². The van der Waals surface area contributed by atoms with Crippen molar-refractivity contribution in [3.05, 3.63) is 15.6 Å². The van der Waals surface area contributed by atoms with Crippen molar-refractivity contribution in [1.82, 2.24) is 4.98 Å². The molecule has 1 aliphatic carbocycles. The summed E-state index contributed by atoms with van der Waals surface area (Å²) in [6.07, 6.45) is 3.73. The van der Waals surface area contributed by atoms with Crippen LogP contribution in [0.1, 0.15) is 34.2 Å². The fourth-order valence-electron chi connectivity index (χ4n) is 1.39. The van der Waals surface area contributed by atoms with Crippen LogP contribution >= 0.6 is 24.0 Å². The number of thiazole rings is 1. The smallest absolute Gasteiger partial charge is 0.106 e.